The van der Waals surface area contributed by atoms with E-state index >= 15 is 0 Å². The number of hydrogen-bond donors (Lipinski definition) is 1. The van der Waals surface area contributed by atoms with Crippen molar-refractivity contribution in [3.63, 3.8) is 0 Å². The normalized spacial score (nSPS) is 10.4. The number of para-hydroxylation sites is 1. The summed E-state index contributed by atoms with van der Waals surface area (Å²) in [5.41, 5.74) is 2.04. The third kappa shape index (κ3) is 4.78. The van der Waals surface area contributed by atoms with E-state index < -0.39 is 0 Å². The van der Waals surface area contributed by atoms with Gasteiger partial charge in [-0.25, -0.2) is 0 Å². The first-order chi connectivity index (χ1) is 11.2. The fourth-order valence-corrected chi connectivity index (χ4v) is 2.34. The first-order valence-corrected chi connectivity index (χ1v) is 7.85. The summed E-state index contributed by atoms with van der Waals surface area (Å²) in [7, 11) is 3.54. The molecule has 0 bridgehead atoms. The Balaban J connectivity index is 1.94. The molecule has 2 rings (SSSR count). The quantitative estimate of drug-likeness (QED) is 0.744. The van der Waals surface area contributed by atoms with Gasteiger partial charge < -0.3 is 19.5 Å². The summed E-state index contributed by atoms with van der Waals surface area (Å²) in [5, 5.41) is 3.86. The SMILES string of the molecule is CNCc1cccc(OC)c1OCCOc1ccc(Cl)c(C)c1. The molecule has 2 aromatic rings. The van der Waals surface area contributed by atoms with E-state index in [4.69, 9.17) is 25.8 Å². The molecule has 0 spiro atoms. The van der Waals surface area contributed by atoms with Gasteiger partial charge in [0.2, 0.25) is 0 Å². The fourth-order valence-electron chi connectivity index (χ4n) is 2.23. The van der Waals surface area contributed by atoms with Gasteiger partial charge in [0, 0.05) is 17.1 Å². The van der Waals surface area contributed by atoms with Gasteiger partial charge in [0.1, 0.15) is 19.0 Å². The Morgan fingerprint density at radius 3 is 2.57 bits per heavy atom. The van der Waals surface area contributed by atoms with Crippen LogP contribution >= 0.6 is 11.6 Å². The van der Waals surface area contributed by atoms with Gasteiger partial charge in [0.15, 0.2) is 11.5 Å². The van der Waals surface area contributed by atoms with E-state index in [1.165, 1.54) is 0 Å². The molecular formula is C18H22ClNO3. The minimum absolute atomic E-state index is 0.429. The van der Waals surface area contributed by atoms with Crippen molar-refractivity contribution in [1.29, 1.82) is 0 Å². The standard InChI is InChI=1S/C18H22ClNO3/c1-13-11-15(7-8-16(13)19)22-9-10-23-18-14(12-20-2)5-4-6-17(18)21-3/h4-8,11,20H,9-10,12H2,1-3H3. The topological polar surface area (TPSA) is 39.7 Å². The lowest BCUT2D eigenvalue weighted by Crippen LogP contribution is -2.13. The molecule has 0 aromatic heterocycles. The summed E-state index contributed by atoms with van der Waals surface area (Å²) in [4.78, 5) is 0. The zero-order valence-electron chi connectivity index (χ0n) is 13.7. The molecule has 0 aliphatic rings. The second-order valence-corrected chi connectivity index (χ2v) is 5.49. The maximum Gasteiger partial charge on any atom is 0.165 e. The first kappa shape index (κ1) is 17.4. The van der Waals surface area contributed by atoms with E-state index in [0.29, 0.717) is 19.8 Å². The van der Waals surface area contributed by atoms with E-state index in [-0.39, 0.29) is 0 Å². The van der Waals surface area contributed by atoms with Gasteiger partial charge in [-0.1, -0.05) is 23.7 Å². The number of nitrogens with one attached hydrogen (secondary N) is 1. The van der Waals surface area contributed by atoms with Crippen molar-refractivity contribution in [3.05, 3.63) is 52.5 Å². The van der Waals surface area contributed by atoms with Gasteiger partial charge in [0.25, 0.3) is 0 Å². The predicted molar refractivity (Wildman–Crippen MR) is 92.9 cm³/mol. The molecule has 0 atom stereocenters. The van der Waals surface area contributed by atoms with Crippen molar-refractivity contribution in [1.82, 2.24) is 5.32 Å². The van der Waals surface area contributed by atoms with E-state index in [0.717, 1.165) is 33.4 Å². The maximum atomic E-state index is 6.00. The lowest BCUT2D eigenvalue weighted by Gasteiger charge is -2.15. The summed E-state index contributed by atoms with van der Waals surface area (Å²) in [5.74, 6) is 2.26. The van der Waals surface area contributed by atoms with Crippen molar-refractivity contribution in [2.45, 2.75) is 13.5 Å². The highest BCUT2D eigenvalue weighted by atomic mass is 35.5. The Hall–Kier alpha value is -1.91. The van der Waals surface area contributed by atoms with Crippen LogP contribution in [0.15, 0.2) is 36.4 Å². The molecule has 124 valence electrons. The van der Waals surface area contributed by atoms with Crippen molar-refractivity contribution in [2.24, 2.45) is 0 Å². The van der Waals surface area contributed by atoms with Crippen LogP contribution in [-0.4, -0.2) is 27.4 Å². The lowest BCUT2D eigenvalue weighted by molar-refractivity contribution is 0.209. The highest BCUT2D eigenvalue weighted by molar-refractivity contribution is 6.31. The van der Waals surface area contributed by atoms with Crippen molar-refractivity contribution in [3.8, 4) is 17.2 Å². The average Bonchev–Trinajstić information content (AvgIpc) is 2.56. The number of aryl methyl sites for hydroxylation is 1. The number of methoxy groups -OCH3 is 1. The smallest absolute Gasteiger partial charge is 0.165 e. The molecule has 0 saturated carbocycles. The maximum absolute atomic E-state index is 6.00. The van der Waals surface area contributed by atoms with Crippen LogP contribution in [0.2, 0.25) is 5.02 Å². The number of ether oxygens (including phenoxy) is 3. The summed E-state index contributed by atoms with van der Waals surface area (Å²) in [6.07, 6.45) is 0. The number of rotatable bonds is 8. The fraction of sp³-hybridized carbons (Fsp3) is 0.333. The van der Waals surface area contributed by atoms with Gasteiger partial charge in [-0.05, 0) is 43.8 Å². The molecule has 0 fully saturated rings. The zero-order valence-corrected chi connectivity index (χ0v) is 14.4. The Kier molecular flexibility index (Phi) is 6.56. The number of halogens is 1. The van der Waals surface area contributed by atoms with Crippen LogP contribution in [0.1, 0.15) is 11.1 Å². The Morgan fingerprint density at radius 1 is 1.09 bits per heavy atom. The van der Waals surface area contributed by atoms with E-state index in [9.17, 15) is 0 Å². The van der Waals surface area contributed by atoms with Gasteiger partial charge >= 0.3 is 0 Å². The molecule has 0 aliphatic carbocycles. The average molecular weight is 336 g/mol. The number of benzene rings is 2. The summed E-state index contributed by atoms with van der Waals surface area (Å²) in [6.45, 7) is 3.53. The minimum atomic E-state index is 0.429. The zero-order chi connectivity index (χ0) is 16.7. The predicted octanol–water partition coefficient (Wildman–Crippen LogP) is 3.83. The highest BCUT2D eigenvalue weighted by Crippen LogP contribution is 2.31. The minimum Gasteiger partial charge on any atom is -0.493 e. The van der Waals surface area contributed by atoms with Crippen molar-refractivity contribution < 1.29 is 14.2 Å². The molecule has 4 nitrogen and oxygen atoms in total. The van der Waals surface area contributed by atoms with Gasteiger partial charge in [0.05, 0.1) is 7.11 Å². The third-order valence-corrected chi connectivity index (χ3v) is 3.80. The Labute approximate surface area is 142 Å². The molecule has 0 radical (unpaired) electrons. The molecule has 1 N–H and O–H groups in total. The molecule has 2 aromatic carbocycles. The Morgan fingerprint density at radius 2 is 1.87 bits per heavy atom. The van der Waals surface area contributed by atoms with Crippen LogP contribution in [0.25, 0.3) is 0 Å². The molecule has 0 aliphatic heterocycles. The monoisotopic (exact) mass is 335 g/mol. The van der Waals surface area contributed by atoms with Crippen LogP contribution in [0, 0.1) is 6.92 Å². The van der Waals surface area contributed by atoms with Crippen LogP contribution in [0.5, 0.6) is 17.2 Å². The summed E-state index contributed by atoms with van der Waals surface area (Å²) >= 11 is 6.00. The van der Waals surface area contributed by atoms with Crippen molar-refractivity contribution >= 4 is 11.6 Å². The molecule has 0 saturated heterocycles. The van der Waals surface area contributed by atoms with E-state index in [1.807, 2.05) is 50.4 Å². The van der Waals surface area contributed by atoms with Crippen LogP contribution in [-0.2, 0) is 6.54 Å². The van der Waals surface area contributed by atoms with E-state index in [1.54, 1.807) is 7.11 Å². The molecule has 23 heavy (non-hydrogen) atoms. The van der Waals surface area contributed by atoms with Gasteiger partial charge in [-0.15, -0.1) is 0 Å². The van der Waals surface area contributed by atoms with Gasteiger partial charge in [-0.2, -0.15) is 0 Å². The highest BCUT2D eigenvalue weighted by Gasteiger charge is 2.10. The molecule has 5 heteroatoms. The van der Waals surface area contributed by atoms with Crippen LogP contribution in [0.4, 0.5) is 0 Å². The van der Waals surface area contributed by atoms with Gasteiger partial charge in [-0.3, -0.25) is 0 Å². The lowest BCUT2D eigenvalue weighted by atomic mass is 10.2. The third-order valence-electron chi connectivity index (χ3n) is 3.38. The Bertz CT molecular complexity index is 646. The second kappa shape index (κ2) is 8.65. The number of hydrogen-bond acceptors (Lipinski definition) is 4. The molecule has 0 unspecified atom stereocenters. The second-order valence-electron chi connectivity index (χ2n) is 5.09. The summed E-state index contributed by atoms with van der Waals surface area (Å²) in [6, 6.07) is 11.4. The largest absolute Gasteiger partial charge is 0.493 e. The molecule has 0 heterocycles. The summed E-state index contributed by atoms with van der Waals surface area (Å²) < 4.78 is 16.9. The van der Waals surface area contributed by atoms with E-state index in [2.05, 4.69) is 5.32 Å². The van der Waals surface area contributed by atoms with Crippen LogP contribution < -0.4 is 19.5 Å². The first-order valence-electron chi connectivity index (χ1n) is 7.48. The molecular weight excluding hydrogens is 314 g/mol. The molecule has 0 amide bonds. The van der Waals surface area contributed by atoms with Crippen LogP contribution in [0.3, 0.4) is 0 Å². The van der Waals surface area contributed by atoms with Crippen molar-refractivity contribution in [2.75, 3.05) is 27.4 Å².